The lowest BCUT2D eigenvalue weighted by atomic mass is 10.1. The number of carbonyl (C=O) groups is 2. The molecule has 0 bridgehead atoms. The Labute approximate surface area is 198 Å². The zero-order valence-corrected chi connectivity index (χ0v) is 19.4. The number of ether oxygens (including phenoxy) is 3. The van der Waals surface area contributed by atoms with Gasteiger partial charge in [-0.15, -0.1) is 0 Å². The molecule has 0 saturated carbocycles. The molecule has 1 heterocycles. The molecule has 0 spiro atoms. The van der Waals surface area contributed by atoms with Gasteiger partial charge in [0.15, 0.2) is 11.5 Å². The summed E-state index contributed by atoms with van der Waals surface area (Å²) in [6.45, 7) is 4.16. The van der Waals surface area contributed by atoms with E-state index in [9.17, 15) is 14.7 Å². The van der Waals surface area contributed by atoms with Gasteiger partial charge in [-0.05, 0) is 42.7 Å². The number of carboxylic acid groups (broad SMARTS) is 1. The fourth-order valence-electron chi connectivity index (χ4n) is 3.30. The number of anilines is 1. The standard InChI is InChI=1S/C26H28N2O6/c1-4-18(5-2)33-19-11-12-22(23(15-19)32-3)34-25-13-10-17(16-27-25)14-24(29)28-21-9-7-6-8-20(21)26(30)31/h6-13,15-16,18H,4-5,14H2,1-3H3,(H,28,29)(H,30,31). The molecular weight excluding hydrogens is 436 g/mol. The zero-order valence-electron chi connectivity index (χ0n) is 19.4. The molecular formula is C26H28N2O6. The van der Waals surface area contributed by atoms with E-state index in [0.29, 0.717) is 28.7 Å². The van der Waals surface area contributed by atoms with Crippen LogP contribution >= 0.6 is 0 Å². The van der Waals surface area contributed by atoms with Crippen molar-refractivity contribution in [2.24, 2.45) is 0 Å². The summed E-state index contributed by atoms with van der Waals surface area (Å²) in [6, 6.07) is 15.0. The maximum absolute atomic E-state index is 12.4. The number of hydrogen-bond donors (Lipinski definition) is 2. The summed E-state index contributed by atoms with van der Waals surface area (Å²) in [6.07, 6.45) is 3.54. The minimum absolute atomic E-state index is 0.0306. The van der Waals surface area contributed by atoms with E-state index >= 15 is 0 Å². The second kappa shape index (κ2) is 11.7. The number of amides is 1. The Morgan fingerprint density at radius 3 is 2.44 bits per heavy atom. The molecule has 3 rings (SSSR count). The van der Waals surface area contributed by atoms with E-state index in [1.54, 1.807) is 49.6 Å². The average molecular weight is 465 g/mol. The van der Waals surface area contributed by atoms with Crippen LogP contribution in [0.1, 0.15) is 42.6 Å². The number of nitrogens with one attached hydrogen (secondary N) is 1. The third-order valence-corrected chi connectivity index (χ3v) is 5.16. The van der Waals surface area contributed by atoms with Crippen LogP contribution in [0, 0.1) is 0 Å². The number of pyridine rings is 1. The van der Waals surface area contributed by atoms with Crippen LogP contribution in [-0.4, -0.2) is 35.2 Å². The third-order valence-electron chi connectivity index (χ3n) is 5.16. The monoisotopic (exact) mass is 464 g/mol. The Bertz CT molecular complexity index is 1130. The fourth-order valence-corrected chi connectivity index (χ4v) is 3.30. The average Bonchev–Trinajstić information content (AvgIpc) is 2.84. The second-order valence-corrected chi connectivity index (χ2v) is 7.55. The molecule has 34 heavy (non-hydrogen) atoms. The molecule has 0 fully saturated rings. The number of carbonyl (C=O) groups excluding carboxylic acids is 1. The minimum atomic E-state index is -1.11. The van der Waals surface area contributed by atoms with Gasteiger partial charge in [-0.2, -0.15) is 0 Å². The maximum Gasteiger partial charge on any atom is 0.337 e. The highest BCUT2D eigenvalue weighted by molar-refractivity contribution is 6.00. The largest absolute Gasteiger partial charge is 0.493 e. The molecule has 0 aliphatic carbocycles. The van der Waals surface area contributed by atoms with Crippen molar-refractivity contribution in [2.45, 2.75) is 39.2 Å². The number of benzene rings is 2. The van der Waals surface area contributed by atoms with Crippen molar-refractivity contribution in [1.82, 2.24) is 4.98 Å². The minimum Gasteiger partial charge on any atom is -0.493 e. The molecule has 8 nitrogen and oxygen atoms in total. The predicted octanol–water partition coefficient (Wildman–Crippen LogP) is 5.33. The molecule has 1 amide bonds. The van der Waals surface area contributed by atoms with Crippen molar-refractivity contribution in [3.63, 3.8) is 0 Å². The lowest BCUT2D eigenvalue weighted by molar-refractivity contribution is -0.115. The van der Waals surface area contributed by atoms with Gasteiger partial charge in [0.1, 0.15) is 5.75 Å². The Balaban J connectivity index is 1.63. The molecule has 3 aromatic rings. The maximum atomic E-state index is 12.4. The van der Waals surface area contributed by atoms with Crippen molar-refractivity contribution >= 4 is 17.6 Å². The van der Waals surface area contributed by atoms with Crippen LogP contribution in [0.5, 0.6) is 23.1 Å². The third kappa shape index (κ3) is 6.48. The first-order valence-corrected chi connectivity index (χ1v) is 11.0. The molecule has 0 aliphatic heterocycles. The van der Waals surface area contributed by atoms with Crippen molar-refractivity contribution in [3.05, 3.63) is 71.9 Å². The van der Waals surface area contributed by atoms with Crippen LogP contribution < -0.4 is 19.5 Å². The second-order valence-electron chi connectivity index (χ2n) is 7.55. The van der Waals surface area contributed by atoms with E-state index < -0.39 is 5.97 Å². The van der Waals surface area contributed by atoms with Gasteiger partial charge in [-0.3, -0.25) is 4.79 Å². The first-order chi connectivity index (χ1) is 16.4. The Hall–Kier alpha value is -4.07. The summed E-state index contributed by atoms with van der Waals surface area (Å²) in [4.78, 5) is 27.9. The molecule has 0 atom stereocenters. The van der Waals surface area contributed by atoms with E-state index in [0.717, 1.165) is 12.8 Å². The molecule has 0 aliphatic rings. The molecule has 0 unspecified atom stereocenters. The Kier molecular flexibility index (Phi) is 8.45. The highest BCUT2D eigenvalue weighted by Crippen LogP contribution is 2.34. The van der Waals surface area contributed by atoms with Gasteiger partial charge < -0.3 is 24.6 Å². The highest BCUT2D eigenvalue weighted by Gasteiger charge is 2.14. The van der Waals surface area contributed by atoms with Gasteiger partial charge in [0, 0.05) is 18.3 Å². The van der Waals surface area contributed by atoms with Crippen LogP contribution in [0.3, 0.4) is 0 Å². The number of rotatable bonds is 11. The van der Waals surface area contributed by atoms with E-state index in [1.165, 1.54) is 12.3 Å². The first-order valence-electron chi connectivity index (χ1n) is 11.0. The van der Waals surface area contributed by atoms with Gasteiger partial charge in [0.05, 0.1) is 30.9 Å². The SMILES string of the molecule is CCC(CC)Oc1ccc(Oc2ccc(CC(=O)Nc3ccccc3C(=O)O)cn2)c(OC)c1. The molecule has 2 aromatic carbocycles. The van der Waals surface area contributed by atoms with Crippen molar-refractivity contribution in [3.8, 4) is 23.1 Å². The normalized spacial score (nSPS) is 10.6. The smallest absolute Gasteiger partial charge is 0.337 e. The number of carboxylic acids is 1. The molecule has 8 heteroatoms. The summed E-state index contributed by atoms with van der Waals surface area (Å²) >= 11 is 0. The van der Waals surface area contributed by atoms with Gasteiger partial charge in [0.25, 0.3) is 0 Å². The number of methoxy groups -OCH3 is 1. The predicted molar refractivity (Wildman–Crippen MR) is 128 cm³/mol. The van der Waals surface area contributed by atoms with Gasteiger partial charge >= 0.3 is 5.97 Å². The topological polar surface area (TPSA) is 107 Å². The first kappa shape index (κ1) is 24.6. The summed E-state index contributed by atoms with van der Waals surface area (Å²) in [7, 11) is 1.56. The summed E-state index contributed by atoms with van der Waals surface area (Å²) in [5.41, 5.74) is 0.929. The fraction of sp³-hybridized carbons (Fsp3) is 0.269. The van der Waals surface area contributed by atoms with Crippen LogP contribution in [-0.2, 0) is 11.2 Å². The van der Waals surface area contributed by atoms with E-state index in [-0.39, 0.29) is 29.7 Å². The van der Waals surface area contributed by atoms with Gasteiger partial charge in [0.2, 0.25) is 11.8 Å². The van der Waals surface area contributed by atoms with Crippen LogP contribution in [0.15, 0.2) is 60.8 Å². The lowest BCUT2D eigenvalue weighted by Crippen LogP contribution is -2.16. The number of aromatic carboxylic acids is 1. The Morgan fingerprint density at radius 2 is 1.79 bits per heavy atom. The molecule has 0 radical (unpaired) electrons. The molecule has 1 aromatic heterocycles. The summed E-state index contributed by atoms with van der Waals surface area (Å²) in [5, 5.41) is 11.9. The van der Waals surface area contributed by atoms with Crippen molar-refractivity contribution < 1.29 is 28.9 Å². The quantitative estimate of drug-likeness (QED) is 0.395. The zero-order chi connectivity index (χ0) is 24.5. The Morgan fingerprint density at radius 1 is 1.03 bits per heavy atom. The number of aromatic nitrogens is 1. The molecule has 2 N–H and O–H groups in total. The van der Waals surface area contributed by atoms with Crippen molar-refractivity contribution in [2.75, 3.05) is 12.4 Å². The van der Waals surface area contributed by atoms with E-state index in [4.69, 9.17) is 14.2 Å². The van der Waals surface area contributed by atoms with Crippen LogP contribution in [0.4, 0.5) is 5.69 Å². The molecule has 0 saturated heterocycles. The lowest BCUT2D eigenvalue weighted by Gasteiger charge is -2.17. The van der Waals surface area contributed by atoms with Crippen LogP contribution in [0.25, 0.3) is 0 Å². The number of para-hydroxylation sites is 1. The highest BCUT2D eigenvalue weighted by atomic mass is 16.5. The van der Waals surface area contributed by atoms with Gasteiger partial charge in [-0.25, -0.2) is 9.78 Å². The summed E-state index contributed by atoms with van der Waals surface area (Å²) in [5.74, 6) is 0.598. The number of nitrogens with zero attached hydrogens (tertiary/aromatic N) is 1. The van der Waals surface area contributed by atoms with Gasteiger partial charge in [-0.1, -0.05) is 32.0 Å². The summed E-state index contributed by atoms with van der Waals surface area (Å²) < 4.78 is 17.2. The van der Waals surface area contributed by atoms with Crippen molar-refractivity contribution in [1.29, 1.82) is 0 Å². The van der Waals surface area contributed by atoms with Crippen LogP contribution in [0.2, 0.25) is 0 Å². The van der Waals surface area contributed by atoms with E-state index in [1.807, 2.05) is 6.07 Å². The number of hydrogen-bond acceptors (Lipinski definition) is 6. The molecule has 178 valence electrons. The van der Waals surface area contributed by atoms with E-state index in [2.05, 4.69) is 24.1 Å².